The molecule has 0 unspecified atom stereocenters. The lowest BCUT2D eigenvalue weighted by atomic mass is 10.1. The molecule has 0 saturated carbocycles. The first-order valence-corrected chi connectivity index (χ1v) is 6.77. The van der Waals surface area contributed by atoms with Crippen molar-refractivity contribution in [1.82, 2.24) is 0 Å². The molecule has 1 heterocycles. The van der Waals surface area contributed by atoms with E-state index in [1.807, 2.05) is 11.4 Å². The minimum absolute atomic E-state index is 0.151. The molecule has 5 heteroatoms. The zero-order valence-electron chi connectivity index (χ0n) is 6.73. The fourth-order valence-corrected chi connectivity index (χ4v) is 4.21. The molecule has 0 aliphatic rings. The standard InChI is InChI=1S/C9H4F2I2S/c10-9(11)5-1-4(12)2-7-8(5)6(13)3-14-7/h1-3,9H. The van der Waals surface area contributed by atoms with Crippen LogP contribution in [0.2, 0.25) is 0 Å². The van der Waals surface area contributed by atoms with Crippen LogP contribution < -0.4 is 0 Å². The van der Waals surface area contributed by atoms with Crippen molar-refractivity contribution in [2.45, 2.75) is 6.43 Å². The molecule has 0 fully saturated rings. The number of fused-ring (bicyclic) bond motifs is 1. The topological polar surface area (TPSA) is 0 Å². The molecule has 1 aromatic carbocycles. The predicted molar refractivity (Wildman–Crippen MR) is 72.2 cm³/mol. The molecule has 14 heavy (non-hydrogen) atoms. The number of halogens is 4. The Bertz CT molecular complexity index is 479. The highest BCUT2D eigenvalue weighted by Crippen LogP contribution is 2.36. The maximum atomic E-state index is 12.7. The maximum Gasteiger partial charge on any atom is 0.264 e. The van der Waals surface area contributed by atoms with Gasteiger partial charge in [0.2, 0.25) is 0 Å². The quantitative estimate of drug-likeness (QED) is 0.550. The summed E-state index contributed by atoms with van der Waals surface area (Å²) in [7, 11) is 0. The zero-order chi connectivity index (χ0) is 10.3. The van der Waals surface area contributed by atoms with Crippen LogP contribution in [0.3, 0.4) is 0 Å². The van der Waals surface area contributed by atoms with Crippen LogP contribution >= 0.6 is 56.5 Å². The Morgan fingerprint density at radius 3 is 2.57 bits per heavy atom. The van der Waals surface area contributed by atoms with Gasteiger partial charge in [-0.1, -0.05) is 0 Å². The second kappa shape index (κ2) is 4.17. The third kappa shape index (κ3) is 1.90. The molecular weight excluding hydrogens is 432 g/mol. The average Bonchev–Trinajstić information content (AvgIpc) is 2.46. The highest BCUT2D eigenvalue weighted by Gasteiger charge is 2.15. The van der Waals surface area contributed by atoms with E-state index in [0.717, 1.165) is 11.8 Å². The summed E-state index contributed by atoms with van der Waals surface area (Å²) in [4.78, 5) is 0. The Labute approximate surface area is 111 Å². The Balaban J connectivity index is 2.83. The summed E-state index contributed by atoms with van der Waals surface area (Å²) < 4.78 is 28.2. The summed E-state index contributed by atoms with van der Waals surface area (Å²) in [5, 5.41) is 2.62. The normalized spacial score (nSPS) is 11.5. The number of thiophene rings is 1. The van der Waals surface area contributed by atoms with E-state index in [-0.39, 0.29) is 5.56 Å². The highest BCUT2D eigenvalue weighted by molar-refractivity contribution is 14.1. The minimum atomic E-state index is -2.39. The van der Waals surface area contributed by atoms with Gasteiger partial charge in [0.05, 0.1) is 0 Å². The van der Waals surface area contributed by atoms with Crippen LogP contribution in [0, 0.1) is 7.14 Å². The summed E-state index contributed by atoms with van der Waals surface area (Å²) in [5.41, 5.74) is 0.151. The van der Waals surface area contributed by atoms with Crippen molar-refractivity contribution < 1.29 is 8.78 Å². The predicted octanol–water partition coefficient (Wildman–Crippen LogP) is 5.05. The van der Waals surface area contributed by atoms with Crippen LogP contribution in [0.15, 0.2) is 17.5 Å². The molecule has 0 amide bonds. The van der Waals surface area contributed by atoms with Gasteiger partial charge < -0.3 is 0 Å². The molecule has 0 atom stereocenters. The molecule has 0 spiro atoms. The van der Waals surface area contributed by atoms with E-state index < -0.39 is 6.43 Å². The molecule has 0 bridgehead atoms. The summed E-state index contributed by atoms with van der Waals surface area (Å²) >= 11 is 5.68. The van der Waals surface area contributed by atoms with Gasteiger partial charge in [-0.3, -0.25) is 0 Å². The Morgan fingerprint density at radius 2 is 1.93 bits per heavy atom. The monoisotopic (exact) mass is 436 g/mol. The second-order valence-electron chi connectivity index (χ2n) is 2.75. The van der Waals surface area contributed by atoms with Gasteiger partial charge in [0.15, 0.2) is 0 Å². The molecule has 0 aliphatic heterocycles. The molecule has 0 radical (unpaired) electrons. The molecule has 0 N–H and O–H groups in total. The van der Waals surface area contributed by atoms with Crippen LogP contribution in [0.25, 0.3) is 10.1 Å². The molecule has 0 aliphatic carbocycles. The van der Waals surface area contributed by atoms with Crippen molar-refractivity contribution in [2.75, 3.05) is 0 Å². The highest BCUT2D eigenvalue weighted by atomic mass is 127. The number of hydrogen-bond acceptors (Lipinski definition) is 1. The summed E-state index contributed by atoms with van der Waals surface area (Å²) in [6.07, 6.45) is -2.39. The Hall–Kier alpha value is 0.500. The molecular formula is C9H4F2I2S. The number of hydrogen-bond donors (Lipinski definition) is 0. The van der Waals surface area contributed by atoms with Crippen LogP contribution in [0.1, 0.15) is 12.0 Å². The molecule has 0 nitrogen and oxygen atoms in total. The van der Waals surface area contributed by atoms with Crippen LogP contribution in [0.4, 0.5) is 8.78 Å². The van der Waals surface area contributed by atoms with E-state index in [2.05, 4.69) is 45.2 Å². The van der Waals surface area contributed by atoms with Crippen molar-refractivity contribution >= 4 is 66.6 Å². The Kier molecular flexibility index (Phi) is 3.27. The molecule has 74 valence electrons. The van der Waals surface area contributed by atoms with Gasteiger partial charge >= 0.3 is 0 Å². The lowest BCUT2D eigenvalue weighted by molar-refractivity contribution is 0.153. The van der Waals surface area contributed by atoms with Crippen molar-refractivity contribution in [3.8, 4) is 0 Å². The summed E-state index contributed by atoms with van der Waals surface area (Å²) in [6.45, 7) is 0. The third-order valence-corrected chi connectivity index (χ3v) is 4.69. The van der Waals surface area contributed by atoms with Crippen LogP contribution in [-0.4, -0.2) is 0 Å². The number of benzene rings is 1. The van der Waals surface area contributed by atoms with E-state index in [1.54, 1.807) is 6.07 Å². The van der Waals surface area contributed by atoms with Crippen molar-refractivity contribution in [3.05, 3.63) is 30.2 Å². The fraction of sp³-hybridized carbons (Fsp3) is 0.111. The van der Waals surface area contributed by atoms with Crippen molar-refractivity contribution in [1.29, 1.82) is 0 Å². The van der Waals surface area contributed by atoms with Crippen LogP contribution in [0.5, 0.6) is 0 Å². The largest absolute Gasteiger partial charge is 0.264 e. The Morgan fingerprint density at radius 1 is 1.21 bits per heavy atom. The van der Waals surface area contributed by atoms with E-state index >= 15 is 0 Å². The number of alkyl halides is 2. The zero-order valence-corrected chi connectivity index (χ0v) is 11.9. The second-order valence-corrected chi connectivity index (χ2v) is 6.07. The molecule has 1 aromatic heterocycles. The summed E-state index contributed by atoms with van der Waals surface area (Å²) in [6, 6.07) is 3.50. The van der Waals surface area contributed by atoms with E-state index in [1.165, 1.54) is 11.3 Å². The fourth-order valence-electron chi connectivity index (χ4n) is 1.30. The van der Waals surface area contributed by atoms with Gasteiger partial charge in [-0.2, -0.15) is 0 Å². The molecule has 0 saturated heterocycles. The maximum absolute atomic E-state index is 12.7. The summed E-state index contributed by atoms with van der Waals surface area (Å²) in [5.74, 6) is 0. The average molecular weight is 436 g/mol. The third-order valence-electron chi connectivity index (χ3n) is 1.86. The molecule has 2 aromatic rings. The van der Waals surface area contributed by atoms with Crippen LogP contribution in [-0.2, 0) is 0 Å². The number of rotatable bonds is 1. The van der Waals surface area contributed by atoms with Gasteiger partial charge in [-0.15, -0.1) is 11.3 Å². The lowest BCUT2D eigenvalue weighted by Gasteiger charge is -2.03. The first kappa shape index (κ1) is 11.0. The first-order chi connectivity index (χ1) is 6.59. The van der Waals surface area contributed by atoms with Gasteiger partial charge in [-0.05, 0) is 57.3 Å². The van der Waals surface area contributed by atoms with E-state index in [0.29, 0.717) is 5.39 Å². The van der Waals surface area contributed by atoms with Crippen molar-refractivity contribution in [3.63, 3.8) is 0 Å². The van der Waals surface area contributed by atoms with E-state index in [4.69, 9.17) is 0 Å². The first-order valence-electron chi connectivity index (χ1n) is 3.74. The van der Waals surface area contributed by atoms with Gasteiger partial charge in [0.25, 0.3) is 6.43 Å². The van der Waals surface area contributed by atoms with E-state index in [9.17, 15) is 8.78 Å². The van der Waals surface area contributed by atoms with Gasteiger partial charge in [-0.25, -0.2) is 8.78 Å². The smallest absolute Gasteiger partial charge is 0.205 e. The minimum Gasteiger partial charge on any atom is -0.205 e. The van der Waals surface area contributed by atoms with Crippen molar-refractivity contribution in [2.24, 2.45) is 0 Å². The van der Waals surface area contributed by atoms with Gasteiger partial charge in [0.1, 0.15) is 0 Å². The van der Waals surface area contributed by atoms with Gasteiger partial charge in [0, 0.05) is 28.2 Å². The molecule has 2 rings (SSSR count). The lowest BCUT2D eigenvalue weighted by Crippen LogP contribution is -1.87. The SMILES string of the molecule is FC(F)c1cc(I)cc2scc(I)c12.